The lowest BCUT2D eigenvalue weighted by Gasteiger charge is -1.92. The first kappa shape index (κ1) is 51.6. The number of carbonyl (C=O) groups is 1. The van der Waals surface area contributed by atoms with Gasteiger partial charge in [-0.1, -0.05) is 11.6 Å². The number of alkyl halides is 3. The number of nitrogens with two attached hydrogens (primary N) is 2. The number of Topliss-reactive ketones (excluding diaryl/α,β-unsaturated/α-hetero) is 1. The summed E-state index contributed by atoms with van der Waals surface area (Å²) in [5.74, 6) is 2.16. The van der Waals surface area contributed by atoms with E-state index in [2.05, 4.69) is 60.9 Å². The molecule has 5 N–H and O–H groups in total. The van der Waals surface area contributed by atoms with Crippen LogP contribution in [0.5, 0.6) is 0 Å². The number of carbonyl (C=O) groups excluding carboxylic acids is 1. The fraction of sp³-hybridized carbons (Fsp3) is 0.306. The fourth-order valence-electron chi connectivity index (χ4n) is 3.62. The van der Waals surface area contributed by atoms with Crippen LogP contribution in [-0.4, -0.2) is 90.3 Å². The summed E-state index contributed by atoms with van der Waals surface area (Å²) in [7, 11) is 3.41. The summed E-state index contributed by atoms with van der Waals surface area (Å²) in [6.07, 6.45) is 19.8. The van der Waals surface area contributed by atoms with Crippen molar-refractivity contribution in [3.05, 3.63) is 123 Å². The van der Waals surface area contributed by atoms with E-state index in [1.165, 1.54) is 7.05 Å². The number of anilines is 1. The number of nitrogen functional groups attached to an aromatic ring is 1. The van der Waals surface area contributed by atoms with Crippen LogP contribution in [0.15, 0.2) is 68.2 Å². The highest BCUT2D eigenvalue weighted by molar-refractivity contribution is 6.35. The molecule has 22 heteroatoms. The molecule has 0 unspecified atom stereocenters. The highest BCUT2D eigenvalue weighted by Crippen LogP contribution is 2.12. The van der Waals surface area contributed by atoms with Gasteiger partial charge in [-0.2, -0.15) is 0 Å². The van der Waals surface area contributed by atoms with Crippen LogP contribution >= 0.6 is 69.6 Å². The minimum atomic E-state index is -0.127. The Morgan fingerprint density at radius 3 is 1.41 bits per heavy atom. The number of fused-ring (bicyclic) bond motifs is 2. The quantitative estimate of drug-likeness (QED) is 0.0897. The molecular weight excluding hydrogens is 871 g/mol. The SMILES string of the molecule is CN.CNCc1cn2cc(C)cnc2n1.Cc1cnc(Cl)nc1.Cc1cnc(Cl)nc1Cl.Cc1cnc(N)nc1.Cc1cnc2nc(CCl)cn2c1.O=C(CCl)CCl. The molecule has 0 radical (unpaired) electrons. The molecule has 58 heavy (non-hydrogen) atoms. The van der Waals surface area contributed by atoms with Crippen LogP contribution in [0.3, 0.4) is 0 Å². The Kier molecular flexibility index (Phi) is 25.7. The topological polar surface area (TPSA) is 219 Å². The summed E-state index contributed by atoms with van der Waals surface area (Å²) in [6, 6.07) is 0. The average molecular weight is 917 g/mol. The third-order valence-corrected chi connectivity index (χ3v) is 7.83. The molecule has 7 heterocycles. The van der Waals surface area contributed by atoms with Crippen LogP contribution in [0.1, 0.15) is 39.2 Å². The van der Waals surface area contributed by atoms with Crippen molar-refractivity contribution in [1.82, 2.24) is 64.0 Å². The number of nitrogens with one attached hydrogen (secondary N) is 1. The molecule has 0 saturated carbocycles. The van der Waals surface area contributed by atoms with Crippen LogP contribution < -0.4 is 16.8 Å². The van der Waals surface area contributed by atoms with Crippen LogP contribution in [0, 0.1) is 34.6 Å². The number of aromatic nitrogens is 12. The van der Waals surface area contributed by atoms with Crippen LogP contribution in [0.25, 0.3) is 11.6 Å². The predicted molar refractivity (Wildman–Crippen MR) is 234 cm³/mol. The number of hydrogen-bond donors (Lipinski definition) is 3. The molecule has 0 atom stereocenters. The van der Waals surface area contributed by atoms with Crippen LogP contribution in [-0.2, 0) is 17.2 Å². The molecular formula is C36H45Cl6N15O. The number of halogens is 6. The molecule has 0 bridgehead atoms. The van der Waals surface area contributed by atoms with E-state index in [9.17, 15) is 4.79 Å². The minimum Gasteiger partial charge on any atom is -0.368 e. The maximum Gasteiger partial charge on any atom is 0.233 e. The van der Waals surface area contributed by atoms with E-state index in [0.29, 0.717) is 28.0 Å². The zero-order valence-corrected chi connectivity index (χ0v) is 37.4. The van der Waals surface area contributed by atoms with Gasteiger partial charge in [0.05, 0.1) is 29.0 Å². The van der Waals surface area contributed by atoms with Crippen LogP contribution in [0.2, 0.25) is 15.7 Å². The zero-order chi connectivity index (χ0) is 43.6. The normalized spacial score (nSPS) is 9.69. The Labute approximate surface area is 367 Å². The molecule has 0 aliphatic heterocycles. The summed E-state index contributed by atoms with van der Waals surface area (Å²) < 4.78 is 3.83. The second-order valence-electron chi connectivity index (χ2n) is 11.4. The van der Waals surface area contributed by atoms with Gasteiger partial charge in [0, 0.05) is 80.3 Å². The fourth-order valence-corrected chi connectivity index (χ4v) is 4.44. The predicted octanol–water partition coefficient (Wildman–Crippen LogP) is 7.04. The van der Waals surface area contributed by atoms with Crippen molar-refractivity contribution >= 4 is 92.9 Å². The van der Waals surface area contributed by atoms with Gasteiger partial charge in [0.15, 0.2) is 5.78 Å². The molecule has 16 nitrogen and oxygen atoms in total. The van der Waals surface area contributed by atoms with Gasteiger partial charge in [-0.25, -0.2) is 49.8 Å². The zero-order valence-electron chi connectivity index (χ0n) is 32.9. The highest BCUT2D eigenvalue weighted by Gasteiger charge is 2.02. The van der Waals surface area contributed by atoms with Crippen LogP contribution in [0.4, 0.5) is 5.95 Å². The second-order valence-corrected chi connectivity index (χ2v) is 13.2. The first-order valence-corrected chi connectivity index (χ1v) is 19.6. The van der Waals surface area contributed by atoms with Gasteiger partial charge in [0.25, 0.3) is 0 Å². The number of imidazole rings is 2. The molecule has 0 aliphatic carbocycles. The number of aryl methyl sites for hydroxylation is 5. The highest BCUT2D eigenvalue weighted by atomic mass is 35.5. The third-order valence-electron chi connectivity index (χ3n) is 6.20. The van der Waals surface area contributed by atoms with Crippen molar-refractivity contribution in [2.45, 2.75) is 47.0 Å². The van der Waals surface area contributed by atoms with Crippen molar-refractivity contribution < 1.29 is 4.79 Å². The van der Waals surface area contributed by atoms with Crippen molar-refractivity contribution in [2.24, 2.45) is 5.73 Å². The first-order valence-electron chi connectivity index (χ1n) is 16.8. The van der Waals surface area contributed by atoms with Crippen molar-refractivity contribution in [3.8, 4) is 0 Å². The molecule has 0 fully saturated rings. The molecule has 312 valence electrons. The molecule has 7 rings (SSSR count). The monoisotopic (exact) mass is 913 g/mol. The summed E-state index contributed by atoms with van der Waals surface area (Å²) >= 11 is 32.0. The largest absolute Gasteiger partial charge is 0.368 e. The smallest absolute Gasteiger partial charge is 0.233 e. The molecule has 0 saturated heterocycles. The second kappa shape index (κ2) is 28.9. The standard InChI is InChI=1S/C9H12N4.C8H8ClN3.C5H4Cl2N2.C5H5ClN2.C5H7N3.C3H4Cl2O.CH5N/c1-7-3-11-9-12-8(4-10-2)6-13(9)5-7;1-6-3-10-8-11-7(2-9)5-12(8)4-6;1-3-2-8-5(7)9-4(3)6;2*1-4-2-7-5(6)8-3-4;4-1-3(6)2-5;1-2/h3,5-6,10H,4H2,1-2H3;3-5H,2H2,1H3;2H,1H3;2-3H,1H3;2-3H,1H3,(H2,6,7,8);1-2H2;2H2,1H3. The number of rotatable bonds is 5. The molecule has 0 aliphatic rings. The molecule has 0 amide bonds. The lowest BCUT2D eigenvalue weighted by atomic mass is 10.4. The van der Waals surface area contributed by atoms with E-state index < -0.39 is 0 Å². The maximum absolute atomic E-state index is 9.92. The lowest BCUT2D eigenvalue weighted by Crippen LogP contribution is -2.04. The van der Waals surface area contributed by atoms with Gasteiger partial charge in [-0.3, -0.25) is 13.6 Å². The van der Waals surface area contributed by atoms with E-state index in [-0.39, 0.29) is 22.8 Å². The van der Waals surface area contributed by atoms with Crippen molar-refractivity contribution in [3.63, 3.8) is 0 Å². The Morgan fingerprint density at radius 1 is 0.603 bits per heavy atom. The Morgan fingerprint density at radius 2 is 1.03 bits per heavy atom. The Balaban J connectivity index is 0.000000351. The Hall–Kier alpha value is -4.39. The van der Waals surface area contributed by atoms with Crippen molar-refractivity contribution in [2.75, 3.05) is 31.6 Å². The van der Waals surface area contributed by atoms with Gasteiger partial charge < -0.3 is 16.8 Å². The Bertz CT molecular complexity index is 2130. The molecule has 0 spiro atoms. The summed E-state index contributed by atoms with van der Waals surface area (Å²) in [5.41, 5.74) is 16.7. The van der Waals surface area contributed by atoms with E-state index in [1.807, 2.05) is 81.5 Å². The minimum absolute atomic E-state index is 0.0312. The molecule has 7 aromatic rings. The summed E-state index contributed by atoms with van der Waals surface area (Å²) in [6.45, 7) is 10.4. The molecule has 7 aromatic heterocycles. The number of hydrogen-bond acceptors (Lipinski definition) is 14. The average Bonchev–Trinajstić information content (AvgIpc) is 3.83. The lowest BCUT2D eigenvalue weighted by molar-refractivity contribution is -0.114. The maximum atomic E-state index is 9.92. The van der Waals surface area contributed by atoms with Crippen molar-refractivity contribution in [1.29, 1.82) is 0 Å². The van der Waals surface area contributed by atoms with Gasteiger partial charge in [-0.05, 0) is 94.2 Å². The first-order chi connectivity index (χ1) is 27.7. The van der Waals surface area contributed by atoms with Gasteiger partial charge in [-0.15, -0.1) is 34.8 Å². The van der Waals surface area contributed by atoms with E-state index in [1.54, 1.807) is 37.2 Å². The number of nitrogens with zero attached hydrogens (tertiary/aromatic N) is 12. The number of ketones is 1. The van der Waals surface area contributed by atoms with Gasteiger partial charge in [0.1, 0.15) is 5.15 Å². The van der Waals surface area contributed by atoms with Gasteiger partial charge in [0.2, 0.25) is 28.1 Å². The van der Waals surface area contributed by atoms with E-state index in [4.69, 9.17) is 75.3 Å². The van der Waals surface area contributed by atoms with E-state index >= 15 is 0 Å². The molecule has 0 aromatic carbocycles. The van der Waals surface area contributed by atoms with Gasteiger partial charge >= 0.3 is 0 Å². The third kappa shape index (κ3) is 20.9. The van der Waals surface area contributed by atoms with E-state index in [0.717, 1.165) is 51.5 Å². The summed E-state index contributed by atoms with van der Waals surface area (Å²) in [5, 5.41) is 3.96. The summed E-state index contributed by atoms with van der Waals surface area (Å²) in [4.78, 5) is 49.2.